The maximum absolute atomic E-state index is 11.8. The van der Waals surface area contributed by atoms with E-state index in [1.165, 1.54) is 12.1 Å². The number of hydrogen-bond acceptors (Lipinski definition) is 4. The van der Waals surface area contributed by atoms with E-state index < -0.39 is 5.63 Å². The molecule has 1 aromatic heterocycles. The summed E-state index contributed by atoms with van der Waals surface area (Å²) in [5.41, 5.74) is 6.90. The van der Waals surface area contributed by atoms with Crippen LogP contribution in [0.5, 0.6) is 0 Å². The lowest BCUT2D eigenvalue weighted by Crippen LogP contribution is -2.27. The minimum absolute atomic E-state index is 0.120. The number of amides is 1. The molecule has 1 unspecified atom stereocenters. The van der Waals surface area contributed by atoms with Crippen LogP contribution in [-0.4, -0.2) is 12.5 Å². The molecule has 5 heteroatoms. The van der Waals surface area contributed by atoms with Gasteiger partial charge in [-0.05, 0) is 18.1 Å². The molecular formula is C15H16N2O3. The van der Waals surface area contributed by atoms with Crippen molar-refractivity contribution >= 4 is 5.91 Å². The van der Waals surface area contributed by atoms with Crippen molar-refractivity contribution in [1.82, 2.24) is 5.32 Å². The summed E-state index contributed by atoms with van der Waals surface area (Å²) in [4.78, 5) is 22.5. The van der Waals surface area contributed by atoms with Gasteiger partial charge in [0, 0.05) is 18.7 Å². The first kappa shape index (κ1) is 14.0. The molecule has 0 radical (unpaired) electrons. The minimum atomic E-state index is -0.479. The standard InChI is InChI=1S/C15H16N2O3/c16-13(11-4-2-1-3-5-11)8-9-17-15(19)12-6-7-14(18)20-10-12/h1-7,10,13H,8-9,16H2,(H,17,19). The number of nitrogens with two attached hydrogens (primary N) is 1. The Labute approximate surface area is 116 Å². The van der Waals surface area contributed by atoms with Crippen LogP contribution in [0, 0.1) is 0 Å². The van der Waals surface area contributed by atoms with E-state index in [-0.39, 0.29) is 11.9 Å². The summed E-state index contributed by atoms with van der Waals surface area (Å²) in [6.45, 7) is 0.452. The van der Waals surface area contributed by atoms with Gasteiger partial charge in [-0.25, -0.2) is 4.79 Å². The lowest BCUT2D eigenvalue weighted by Gasteiger charge is -2.12. The molecule has 0 spiro atoms. The van der Waals surface area contributed by atoms with E-state index in [9.17, 15) is 9.59 Å². The highest BCUT2D eigenvalue weighted by Crippen LogP contribution is 2.12. The van der Waals surface area contributed by atoms with Crippen molar-refractivity contribution in [3.63, 3.8) is 0 Å². The van der Waals surface area contributed by atoms with Crippen LogP contribution in [0.3, 0.4) is 0 Å². The summed E-state index contributed by atoms with van der Waals surface area (Å²) in [5, 5.41) is 2.74. The van der Waals surface area contributed by atoms with E-state index >= 15 is 0 Å². The average Bonchev–Trinajstić information content (AvgIpc) is 2.48. The number of rotatable bonds is 5. The van der Waals surface area contributed by atoms with E-state index in [0.29, 0.717) is 18.5 Å². The molecule has 0 saturated heterocycles. The van der Waals surface area contributed by atoms with Crippen LogP contribution in [0.25, 0.3) is 0 Å². The Morgan fingerprint density at radius 2 is 1.95 bits per heavy atom. The second kappa shape index (κ2) is 6.68. The lowest BCUT2D eigenvalue weighted by molar-refractivity contribution is 0.0950. The number of benzene rings is 1. The van der Waals surface area contributed by atoms with Crippen molar-refractivity contribution < 1.29 is 9.21 Å². The van der Waals surface area contributed by atoms with Gasteiger partial charge in [-0.3, -0.25) is 4.79 Å². The molecule has 0 bridgehead atoms. The molecule has 0 aliphatic heterocycles. The minimum Gasteiger partial charge on any atom is -0.430 e. The van der Waals surface area contributed by atoms with Crippen LogP contribution < -0.4 is 16.7 Å². The molecule has 0 saturated carbocycles. The average molecular weight is 272 g/mol. The van der Waals surface area contributed by atoms with Gasteiger partial charge in [0.25, 0.3) is 5.91 Å². The highest BCUT2D eigenvalue weighted by atomic mass is 16.4. The Morgan fingerprint density at radius 3 is 2.60 bits per heavy atom. The fraction of sp³-hybridized carbons (Fsp3) is 0.200. The third-order valence-corrected chi connectivity index (χ3v) is 2.93. The fourth-order valence-corrected chi connectivity index (χ4v) is 1.80. The monoisotopic (exact) mass is 272 g/mol. The summed E-state index contributed by atoms with van der Waals surface area (Å²) in [6, 6.07) is 12.2. The molecule has 1 heterocycles. The second-order valence-electron chi connectivity index (χ2n) is 4.41. The Balaban J connectivity index is 1.82. The van der Waals surface area contributed by atoms with E-state index in [1.54, 1.807) is 0 Å². The van der Waals surface area contributed by atoms with Gasteiger partial charge in [-0.15, -0.1) is 0 Å². The van der Waals surface area contributed by atoms with E-state index in [1.807, 2.05) is 30.3 Å². The van der Waals surface area contributed by atoms with Gasteiger partial charge in [0.2, 0.25) is 0 Å². The van der Waals surface area contributed by atoms with Gasteiger partial charge in [0.15, 0.2) is 0 Å². The van der Waals surface area contributed by atoms with Crippen molar-refractivity contribution in [1.29, 1.82) is 0 Å². The zero-order valence-corrected chi connectivity index (χ0v) is 10.9. The van der Waals surface area contributed by atoms with Crippen molar-refractivity contribution in [2.24, 2.45) is 5.73 Å². The molecule has 2 aromatic rings. The fourth-order valence-electron chi connectivity index (χ4n) is 1.80. The maximum atomic E-state index is 11.8. The van der Waals surface area contributed by atoms with Crippen LogP contribution in [-0.2, 0) is 0 Å². The number of carbonyl (C=O) groups is 1. The van der Waals surface area contributed by atoms with Crippen LogP contribution in [0.2, 0.25) is 0 Å². The largest absolute Gasteiger partial charge is 0.430 e. The second-order valence-corrected chi connectivity index (χ2v) is 4.41. The van der Waals surface area contributed by atoms with Gasteiger partial charge >= 0.3 is 5.63 Å². The van der Waals surface area contributed by atoms with Crippen LogP contribution in [0.4, 0.5) is 0 Å². The Morgan fingerprint density at radius 1 is 1.20 bits per heavy atom. The molecule has 0 aliphatic carbocycles. The first-order valence-corrected chi connectivity index (χ1v) is 6.34. The van der Waals surface area contributed by atoms with E-state index in [4.69, 9.17) is 5.73 Å². The first-order chi connectivity index (χ1) is 9.66. The quantitative estimate of drug-likeness (QED) is 0.863. The number of carbonyl (C=O) groups excluding carboxylic acids is 1. The highest BCUT2D eigenvalue weighted by Gasteiger charge is 2.08. The molecule has 104 valence electrons. The summed E-state index contributed by atoms with van der Waals surface area (Å²) in [6.07, 6.45) is 1.78. The predicted octanol–water partition coefficient (Wildman–Crippen LogP) is 1.46. The smallest absolute Gasteiger partial charge is 0.335 e. The molecule has 20 heavy (non-hydrogen) atoms. The van der Waals surface area contributed by atoms with Gasteiger partial charge in [-0.1, -0.05) is 30.3 Å². The molecule has 0 fully saturated rings. The summed E-state index contributed by atoms with van der Waals surface area (Å²) < 4.78 is 4.64. The van der Waals surface area contributed by atoms with Crippen LogP contribution in [0.15, 0.2) is 57.9 Å². The molecule has 2 rings (SSSR count). The molecule has 3 N–H and O–H groups in total. The van der Waals surface area contributed by atoms with Gasteiger partial charge in [-0.2, -0.15) is 0 Å². The summed E-state index contributed by atoms with van der Waals surface area (Å²) in [7, 11) is 0. The van der Waals surface area contributed by atoms with Gasteiger partial charge < -0.3 is 15.5 Å². The normalized spacial score (nSPS) is 11.8. The first-order valence-electron chi connectivity index (χ1n) is 6.34. The third kappa shape index (κ3) is 3.80. The zero-order chi connectivity index (χ0) is 14.4. The Kier molecular flexibility index (Phi) is 4.68. The molecule has 5 nitrogen and oxygen atoms in total. The lowest BCUT2D eigenvalue weighted by atomic mass is 10.1. The van der Waals surface area contributed by atoms with Crippen molar-refractivity contribution in [2.75, 3.05) is 6.54 Å². The number of nitrogens with one attached hydrogen (secondary N) is 1. The SMILES string of the molecule is NC(CCNC(=O)c1ccc(=O)oc1)c1ccccc1. The zero-order valence-electron chi connectivity index (χ0n) is 10.9. The van der Waals surface area contributed by atoms with Gasteiger partial charge in [0.1, 0.15) is 6.26 Å². The topological polar surface area (TPSA) is 85.3 Å². The Hall–Kier alpha value is -2.40. The van der Waals surface area contributed by atoms with Gasteiger partial charge in [0.05, 0.1) is 5.56 Å². The van der Waals surface area contributed by atoms with Crippen molar-refractivity contribution in [3.8, 4) is 0 Å². The Bertz CT molecular complexity index is 602. The molecular weight excluding hydrogens is 256 g/mol. The maximum Gasteiger partial charge on any atom is 0.335 e. The van der Waals surface area contributed by atoms with Crippen molar-refractivity contribution in [3.05, 3.63) is 70.3 Å². The van der Waals surface area contributed by atoms with Crippen LogP contribution in [0.1, 0.15) is 28.4 Å². The van der Waals surface area contributed by atoms with E-state index in [0.717, 1.165) is 11.8 Å². The predicted molar refractivity (Wildman–Crippen MR) is 75.3 cm³/mol. The summed E-state index contributed by atoms with van der Waals surface area (Å²) in [5.74, 6) is -0.283. The third-order valence-electron chi connectivity index (χ3n) is 2.93. The van der Waals surface area contributed by atoms with E-state index in [2.05, 4.69) is 9.73 Å². The molecule has 1 atom stereocenters. The number of hydrogen-bond donors (Lipinski definition) is 2. The van der Waals surface area contributed by atoms with Crippen LogP contribution >= 0.6 is 0 Å². The molecule has 1 amide bonds. The highest BCUT2D eigenvalue weighted by molar-refractivity contribution is 5.93. The van der Waals surface area contributed by atoms with Crippen molar-refractivity contribution in [2.45, 2.75) is 12.5 Å². The molecule has 1 aromatic carbocycles. The molecule has 0 aliphatic rings. The summed E-state index contributed by atoms with van der Waals surface area (Å²) >= 11 is 0.